The Kier molecular flexibility index (Phi) is 7.88. The van der Waals surface area contributed by atoms with E-state index in [1.165, 1.54) is 31.6 Å². The Labute approximate surface area is 252 Å². The van der Waals surface area contributed by atoms with E-state index in [-0.39, 0.29) is 58.3 Å². The van der Waals surface area contributed by atoms with Gasteiger partial charge in [-0.3, -0.25) is 0 Å². The maximum atomic E-state index is 15.0. The molecule has 2 aliphatic rings. The quantitative estimate of drug-likeness (QED) is 0.268. The number of aryl methyl sites for hydroxylation is 1. The average Bonchev–Trinajstić information content (AvgIpc) is 3.63. The summed E-state index contributed by atoms with van der Waals surface area (Å²) in [5, 5.41) is 6.32. The molecule has 6 rings (SSSR count). The van der Waals surface area contributed by atoms with Gasteiger partial charge in [-0.15, -0.1) is 0 Å². The largest absolute Gasteiger partial charge is 0.464 e. The Morgan fingerprint density at radius 3 is 2.57 bits per heavy atom. The van der Waals surface area contributed by atoms with Crippen molar-refractivity contribution in [3.63, 3.8) is 0 Å². The number of carbonyl (C=O) groups excluding carboxylic acids is 1. The minimum Gasteiger partial charge on any atom is -0.464 e. The first kappa shape index (κ1) is 29.4. The van der Waals surface area contributed by atoms with Crippen LogP contribution in [0.25, 0.3) is 0 Å². The predicted octanol–water partition coefficient (Wildman–Crippen LogP) is 4.41. The molecule has 0 saturated heterocycles. The number of carbonyl (C=O) groups is 1. The summed E-state index contributed by atoms with van der Waals surface area (Å²) in [4.78, 5) is 28.5. The minimum absolute atomic E-state index is 0.0458. The van der Waals surface area contributed by atoms with Gasteiger partial charge in [-0.1, -0.05) is 17.7 Å². The molecular formula is C29H29F2N7O5S. The number of fused-ring (bicyclic) bond motifs is 1. The van der Waals surface area contributed by atoms with Gasteiger partial charge in [-0.25, -0.2) is 41.3 Å². The summed E-state index contributed by atoms with van der Waals surface area (Å²) in [5.41, 5.74) is 1.23. The first-order valence-electron chi connectivity index (χ1n) is 14.0. The van der Waals surface area contributed by atoms with Gasteiger partial charge >= 0.3 is 5.97 Å². The van der Waals surface area contributed by atoms with Crippen LogP contribution in [0, 0.1) is 18.6 Å². The summed E-state index contributed by atoms with van der Waals surface area (Å²) in [6.45, 7) is 1.72. The number of ether oxygens (including phenoxy) is 1. The Bertz CT molecular complexity index is 1800. The van der Waals surface area contributed by atoms with Crippen LogP contribution < -0.4 is 14.9 Å². The van der Waals surface area contributed by atoms with Gasteiger partial charge in [0.05, 0.1) is 36.9 Å². The van der Waals surface area contributed by atoms with Gasteiger partial charge in [0.25, 0.3) is 16.0 Å². The number of anilines is 3. The van der Waals surface area contributed by atoms with Crippen LogP contribution in [0.5, 0.6) is 0 Å². The standard InChI is InChI=1S/C29H29F2N7O5S/c1-16-6-8-20(9-7-16)44(40,41)38-14-22(21-10-17(30)12-33-27(21)38)25-32-13-23(31)26(37-25)34-18-4-3-5-19(11-18)35-29-36-24(15-43-29)28(39)42-2/h6-10,12-13,15,18-19,22H,3-5,11,14H2,1-2H3,(H,35,36)(H,32,34,37)/t18-,19+,22?/m0/s1. The normalized spacial score (nSPS) is 19.8. The fraction of sp³-hybridized carbons (Fsp3) is 0.345. The lowest BCUT2D eigenvalue weighted by Gasteiger charge is -2.30. The smallest absolute Gasteiger partial charge is 0.360 e. The summed E-state index contributed by atoms with van der Waals surface area (Å²) in [5.74, 6) is -2.57. The maximum Gasteiger partial charge on any atom is 0.360 e. The average molecular weight is 626 g/mol. The van der Waals surface area contributed by atoms with E-state index < -0.39 is 33.5 Å². The zero-order chi connectivity index (χ0) is 31.0. The highest BCUT2D eigenvalue weighted by atomic mass is 32.2. The number of pyridine rings is 1. The second-order valence-electron chi connectivity index (χ2n) is 10.8. The third-order valence-electron chi connectivity index (χ3n) is 7.75. The third-order valence-corrected chi connectivity index (χ3v) is 9.52. The molecule has 2 N–H and O–H groups in total. The number of aromatic nitrogens is 4. The number of rotatable bonds is 8. The Hall–Kier alpha value is -4.66. The first-order chi connectivity index (χ1) is 21.1. The molecule has 4 heterocycles. The van der Waals surface area contributed by atoms with E-state index in [1.807, 2.05) is 6.92 Å². The molecule has 0 spiro atoms. The monoisotopic (exact) mass is 625 g/mol. The number of sulfonamides is 1. The number of hydrogen-bond acceptors (Lipinski definition) is 11. The van der Waals surface area contributed by atoms with E-state index in [1.54, 1.807) is 12.1 Å². The highest BCUT2D eigenvalue weighted by Crippen LogP contribution is 2.41. The van der Waals surface area contributed by atoms with E-state index >= 15 is 0 Å². The van der Waals surface area contributed by atoms with Gasteiger partial charge in [-0.05, 0) is 50.8 Å². The van der Waals surface area contributed by atoms with E-state index in [9.17, 15) is 22.0 Å². The molecule has 0 bridgehead atoms. The van der Waals surface area contributed by atoms with Crippen LogP contribution in [0.4, 0.5) is 26.4 Å². The van der Waals surface area contributed by atoms with Crippen molar-refractivity contribution in [1.82, 2.24) is 19.9 Å². The molecule has 1 fully saturated rings. The molecule has 15 heteroatoms. The number of methoxy groups -OCH3 is 1. The molecule has 1 aliphatic carbocycles. The summed E-state index contributed by atoms with van der Waals surface area (Å²) < 4.78 is 67.7. The van der Waals surface area contributed by atoms with E-state index in [2.05, 4.69) is 35.3 Å². The Morgan fingerprint density at radius 1 is 1.07 bits per heavy atom. The molecule has 1 unspecified atom stereocenters. The third kappa shape index (κ3) is 5.78. The molecule has 1 aliphatic heterocycles. The molecular weight excluding hydrogens is 596 g/mol. The number of nitrogens with one attached hydrogen (secondary N) is 2. The zero-order valence-corrected chi connectivity index (χ0v) is 24.6. The summed E-state index contributed by atoms with van der Waals surface area (Å²) in [7, 11) is -2.79. The van der Waals surface area contributed by atoms with E-state index in [0.717, 1.165) is 41.5 Å². The van der Waals surface area contributed by atoms with Crippen molar-refractivity contribution in [3.05, 3.63) is 83.3 Å². The lowest BCUT2D eigenvalue weighted by molar-refractivity contribution is 0.0594. The number of oxazole rings is 1. The second kappa shape index (κ2) is 11.8. The lowest BCUT2D eigenvalue weighted by Crippen LogP contribution is -2.35. The lowest BCUT2D eigenvalue weighted by atomic mass is 9.91. The van der Waals surface area contributed by atoms with Crippen molar-refractivity contribution in [3.8, 4) is 0 Å². The fourth-order valence-corrected chi connectivity index (χ4v) is 7.00. The maximum absolute atomic E-state index is 15.0. The SMILES string of the molecule is COC(=O)c1coc(N[C@@H]2CCC[C@H](Nc3nc(C4CN(S(=O)(=O)c5ccc(C)cc5)c5ncc(F)cc54)ncc3F)C2)n1. The molecule has 44 heavy (non-hydrogen) atoms. The predicted molar refractivity (Wildman–Crippen MR) is 155 cm³/mol. The van der Waals surface area contributed by atoms with Gasteiger partial charge < -0.3 is 19.8 Å². The molecule has 1 saturated carbocycles. The number of benzene rings is 1. The number of esters is 1. The fourth-order valence-electron chi connectivity index (χ4n) is 5.54. The molecule has 1 aromatic carbocycles. The summed E-state index contributed by atoms with van der Waals surface area (Å²) in [6, 6.07) is 7.52. The van der Waals surface area contributed by atoms with Gasteiger partial charge in [0.1, 0.15) is 23.7 Å². The van der Waals surface area contributed by atoms with Crippen LogP contribution in [-0.2, 0) is 14.8 Å². The topological polar surface area (TPSA) is 152 Å². The molecule has 4 aromatic rings. The van der Waals surface area contributed by atoms with Crippen molar-refractivity contribution in [2.45, 2.75) is 55.5 Å². The highest BCUT2D eigenvalue weighted by molar-refractivity contribution is 7.92. The van der Waals surface area contributed by atoms with Gasteiger partial charge in [-0.2, -0.15) is 4.98 Å². The van der Waals surface area contributed by atoms with Crippen molar-refractivity contribution < 1.29 is 31.1 Å². The van der Waals surface area contributed by atoms with Gasteiger partial charge in [0.15, 0.2) is 17.3 Å². The number of halogens is 2. The molecule has 0 amide bonds. The highest BCUT2D eigenvalue weighted by Gasteiger charge is 2.40. The zero-order valence-electron chi connectivity index (χ0n) is 23.8. The van der Waals surface area contributed by atoms with Crippen LogP contribution in [0.15, 0.2) is 58.3 Å². The Balaban J connectivity index is 1.22. The first-order valence-corrected chi connectivity index (χ1v) is 15.4. The molecule has 3 atom stereocenters. The van der Waals surface area contributed by atoms with E-state index in [4.69, 9.17) is 4.42 Å². The van der Waals surface area contributed by atoms with Gasteiger partial charge in [0, 0.05) is 17.6 Å². The van der Waals surface area contributed by atoms with Crippen LogP contribution in [0.3, 0.4) is 0 Å². The van der Waals surface area contributed by atoms with Crippen LogP contribution in [-0.4, -0.2) is 60.1 Å². The summed E-state index contributed by atoms with van der Waals surface area (Å²) in [6.07, 6.45) is 6.10. The van der Waals surface area contributed by atoms with Crippen LogP contribution in [0.2, 0.25) is 0 Å². The van der Waals surface area contributed by atoms with Crippen molar-refractivity contribution in [2.75, 3.05) is 28.6 Å². The van der Waals surface area contributed by atoms with Gasteiger partial charge in [0.2, 0.25) is 0 Å². The van der Waals surface area contributed by atoms with Crippen molar-refractivity contribution in [1.29, 1.82) is 0 Å². The molecule has 12 nitrogen and oxygen atoms in total. The molecule has 3 aromatic heterocycles. The van der Waals surface area contributed by atoms with Crippen LogP contribution in [0.1, 0.15) is 59.0 Å². The minimum atomic E-state index is -4.04. The molecule has 230 valence electrons. The molecule has 0 radical (unpaired) electrons. The van der Waals surface area contributed by atoms with Crippen LogP contribution >= 0.6 is 0 Å². The van der Waals surface area contributed by atoms with Crippen molar-refractivity contribution in [2.24, 2.45) is 0 Å². The summed E-state index contributed by atoms with van der Waals surface area (Å²) >= 11 is 0. The van der Waals surface area contributed by atoms with Crippen molar-refractivity contribution >= 4 is 33.6 Å². The number of nitrogens with zero attached hydrogens (tertiary/aromatic N) is 5. The number of hydrogen-bond donors (Lipinski definition) is 2. The Morgan fingerprint density at radius 2 is 1.82 bits per heavy atom. The second-order valence-corrected chi connectivity index (χ2v) is 12.6. The van der Waals surface area contributed by atoms with E-state index in [0.29, 0.717) is 6.42 Å².